The van der Waals surface area contributed by atoms with Crippen molar-refractivity contribution in [2.45, 2.75) is 76.4 Å². The lowest BCUT2D eigenvalue weighted by atomic mass is 9.81. The average Bonchev–Trinajstić information content (AvgIpc) is 2.97. The highest BCUT2D eigenvalue weighted by atomic mass is 16.6. The van der Waals surface area contributed by atoms with Crippen LogP contribution in [0.5, 0.6) is 0 Å². The molecular formula is C22H30N2O2. The van der Waals surface area contributed by atoms with Crippen molar-refractivity contribution in [2.24, 2.45) is 4.99 Å². The first-order chi connectivity index (χ1) is 12.7. The van der Waals surface area contributed by atoms with Gasteiger partial charge in [-0.2, -0.15) is 0 Å². The standard InChI is InChI=1S/C22H30N2O2/c1-17(18-8-10-19(11-9-18)24-14-6-3-7-15-24)23-20-16-21(25)26-22(20)12-4-2-5-13-22/h8-11,17H,2-7,12-16H2,1H3/t17-/m0/s1. The monoisotopic (exact) mass is 354 g/mol. The zero-order chi connectivity index (χ0) is 18.0. The van der Waals surface area contributed by atoms with E-state index in [0.29, 0.717) is 6.42 Å². The van der Waals surface area contributed by atoms with Crippen molar-refractivity contribution >= 4 is 17.4 Å². The zero-order valence-electron chi connectivity index (χ0n) is 15.9. The van der Waals surface area contributed by atoms with Crippen molar-refractivity contribution < 1.29 is 9.53 Å². The molecule has 1 saturated carbocycles. The van der Waals surface area contributed by atoms with Gasteiger partial charge < -0.3 is 9.64 Å². The second-order valence-corrected chi connectivity index (χ2v) is 8.10. The van der Waals surface area contributed by atoms with E-state index in [9.17, 15) is 4.79 Å². The van der Waals surface area contributed by atoms with Gasteiger partial charge in [0.25, 0.3) is 0 Å². The SMILES string of the molecule is C[C@H](N=C1CC(=O)OC12CCCCC2)c1ccc(N2CCCCC2)cc1. The van der Waals surface area contributed by atoms with Crippen LogP contribution >= 0.6 is 0 Å². The van der Waals surface area contributed by atoms with Crippen LogP contribution in [0, 0.1) is 0 Å². The Morgan fingerprint density at radius 2 is 1.65 bits per heavy atom. The molecule has 0 amide bonds. The van der Waals surface area contributed by atoms with E-state index < -0.39 is 5.60 Å². The summed E-state index contributed by atoms with van der Waals surface area (Å²) >= 11 is 0. The fourth-order valence-corrected chi connectivity index (χ4v) is 4.71. The quantitative estimate of drug-likeness (QED) is 0.730. The van der Waals surface area contributed by atoms with E-state index in [0.717, 1.165) is 31.4 Å². The first-order valence-corrected chi connectivity index (χ1v) is 10.3. The normalized spacial score (nSPS) is 25.5. The summed E-state index contributed by atoms with van der Waals surface area (Å²) in [4.78, 5) is 19.4. The molecule has 0 unspecified atom stereocenters. The van der Waals surface area contributed by atoms with Crippen LogP contribution < -0.4 is 4.90 Å². The molecule has 1 atom stereocenters. The Kier molecular flexibility index (Phi) is 5.01. The van der Waals surface area contributed by atoms with Crippen LogP contribution in [-0.4, -0.2) is 30.4 Å². The molecule has 1 aromatic rings. The summed E-state index contributed by atoms with van der Waals surface area (Å²) < 4.78 is 5.76. The van der Waals surface area contributed by atoms with E-state index in [2.05, 4.69) is 36.1 Å². The third-order valence-corrected chi connectivity index (χ3v) is 6.25. The second kappa shape index (κ2) is 7.42. The third-order valence-electron chi connectivity index (χ3n) is 6.25. The number of hydrogen-bond donors (Lipinski definition) is 0. The summed E-state index contributed by atoms with van der Waals surface area (Å²) in [5.74, 6) is -0.0988. The number of nitrogens with zero attached hydrogens (tertiary/aromatic N) is 2. The highest BCUT2D eigenvalue weighted by Crippen LogP contribution is 2.39. The maximum Gasteiger partial charge on any atom is 0.312 e. The van der Waals surface area contributed by atoms with Gasteiger partial charge in [-0.15, -0.1) is 0 Å². The van der Waals surface area contributed by atoms with Crippen molar-refractivity contribution in [1.29, 1.82) is 0 Å². The highest BCUT2D eigenvalue weighted by Gasteiger charge is 2.46. The topological polar surface area (TPSA) is 41.9 Å². The molecule has 140 valence electrons. The summed E-state index contributed by atoms with van der Waals surface area (Å²) in [6, 6.07) is 8.91. The number of carbonyl (C=O) groups is 1. The minimum atomic E-state index is -0.392. The van der Waals surface area contributed by atoms with Crippen LogP contribution in [0.15, 0.2) is 29.3 Å². The van der Waals surface area contributed by atoms with E-state index in [4.69, 9.17) is 9.73 Å². The molecule has 2 aliphatic heterocycles. The molecular weight excluding hydrogens is 324 g/mol. The highest BCUT2D eigenvalue weighted by molar-refractivity contribution is 6.09. The number of piperidine rings is 1. The van der Waals surface area contributed by atoms with Crippen LogP contribution in [0.4, 0.5) is 5.69 Å². The van der Waals surface area contributed by atoms with Crippen LogP contribution in [0.3, 0.4) is 0 Å². The predicted octanol–water partition coefficient (Wildman–Crippen LogP) is 4.83. The lowest BCUT2D eigenvalue weighted by molar-refractivity contribution is -0.148. The molecule has 3 aliphatic rings. The fraction of sp³-hybridized carbons (Fsp3) is 0.636. The van der Waals surface area contributed by atoms with Crippen LogP contribution in [-0.2, 0) is 9.53 Å². The minimum Gasteiger partial charge on any atom is -0.453 e. The Morgan fingerprint density at radius 3 is 2.35 bits per heavy atom. The number of rotatable bonds is 3. The number of ether oxygens (including phenoxy) is 1. The Labute approximate surface area is 156 Å². The van der Waals surface area contributed by atoms with Gasteiger partial charge in [-0.25, -0.2) is 0 Å². The van der Waals surface area contributed by atoms with Crippen molar-refractivity contribution in [1.82, 2.24) is 0 Å². The lowest BCUT2D eigenvalue weighted by Gasteiger charge is -2.32. The van der Waals surface area contributed by atoms with Crippen LogP contribution in [0.1, 0.15) is 76.3 Å². The van der Waals surface area contributed by atoms with Crippen LogP contribution in [0.2, 0.25) is 0 Å². The molecule has 1 aromatic carbocycles. The molecule has 1 spiro atoms. The van der Waals surface area contributed by atoms with Gasteiger partial charge in [0.1, 0.15) is 0 Å². The molecule has 4 nitrogen and oxygen atoms in total. The van der Waals surface area contributed by atoms with Gasteiger partial charge in [0.05, 0.1) is 18.2 Å². The molecule has 2 heterocycles. The van der Waals surface area contributed by atoms with Gasteiger partial charge in [0.15, 0.2) is 5.60 Å². The van der Waals surface area contributed by atoms with E-state index in [1.165, 1.54) is 50.0 Å². The Balaban J connectivity index is 1.50. The minimum absolute atomic E-state index is 0.0636. The van der Waals surface area contributed by atoms with Gasteiger partial charge in [-0.05, 0) is 69.6 Å². The van der Waals surface area contributed by atoms with Gasteiger partial charge in [0.2, 0.25) is 0 Å². The summed E-state index contributed by atoms with van der Waals surface area (Å²) in [6.45, 7) is 4.46. The van der Waals surface area contributed by atoms with E-state index in [1.54, 1.807) is 0 Å². The van der Waals surface area contributed by atoms with Crippen molar-refractivity contribution in [3.05, 3.63) is 29.8 Å². The molecule has 0 aromatic heterocycles. The van der Waals surface area contributed by atoms with Crippen LogP contribution in [0.25, 0.3) is 0 Å². The maximum atomic E-state index is 12.0. The number of carbonyl (C=O) groups excluding carboxylic acids is 1. The smallest absolute Gasteiger partial charge is 0.312 e. The first kappa shape index (κ1) is 17.6. The number of anilines is 1. The molecule has 0 radical (unpaired) electrons. The van der Waals surface area contributed by atoms with E-state index in [-0.39, 0.29) is 12.0 Å². The number of esters is 1. The summed E-state index contributed by atoms with van der Waals surface area (Å²) in [5, 5.41) is 0. The summed E-state index contributed by atoms with van der Waals surface area (Å²) in [7, 11) is 0. The van der Waals surface area contributed by atoms with Crippen molar-refractivity contribution in [2.75, 3.05) is 18.0 Å². The molecule has 0 bridgehead atoms. The van der Waals surface area contributed by atoms with Gasteiger partial charge >= 0.3 is 5.97 Å². The molecule has 26 heavy (non-hydrogen) atoms. The van der Waals surface area contributed by atoms with Gasteiger partial charge in [0, 0.05) is 18.8 Å². The summed E-state index contributed by atoms with van der Waals surface area (Å²) in [5.41, 5.74) is 3.12. The van der Waals surface area contributed by atoms with E-state index >= 15 is 0 Å². The molecule has 4 rings (SSSR count). The third kappa shape index (κ3) is 3.51. The number of aliphatic imine (C=N–C) groups is 1. The largest absolute Gasteiger partial charge is 0.453 e. The van der Waals surface area contributed by atoms with Gasteiger partial charge in [-0.1, -0.05) is 18.6 Å². The maximum absolute atomic E-state index is 12.0. The number of hydrogen-bond acceptors (Lipinski definition) is 4. The number of benzene rings is 1. The molecule has 2 saturated heterocycles. The molecule has 0 N–H and O–H groups in total. The lowest BCUT2D eigenvalue weighted by Crippen LogP contribution is -2.38. The fourth-order valence-electron chi connectivity index (χ4n) is 4.71. The van der Waals surface area contributed by atoms with E-state index in [1.807, 2.05) is 0 Å². The Morgan fingerprint density at radius 1 is 1.00 bits per heavy atom. The first-order valence-electron chi connectivity index (χ1n) is 10.3. The molecule has 4 heteroatoms. The van der Waals surface area contributed by atoms with Gasteiger partial charge in [-0.3, -0.25) is 9.79 Å². The summed E-state index contributed by atoms with van der Waals surface area (Å²) in [6.07, 6.45) is 9.69. The van der Waals surface area contributed by atoms with Crippen molar-refractivity contribution in [3.63, 3.8) is 0 Å². The second-order valence-electron chi connectivity index (χ2n) is 8.10. The Hall–Kier alpha value is -1.84. The van der Waals surface area contributed by atoms with Crippen molar-refractivity contribution in [3.8, 4) is 0 Å². The molecule has 3 fully saturated rings. The Bertz CT molecular complexity index is 668. The zero-order valence-corrected chi connectivity index (χ0v) is 15.9. The predicted molar refractivity (Wildman–Crippen MR) is 105 cm³/mol. The average molecular weight is 354 g/mol. The molecule has 1 aliphatic carbocycles.